The lowest BCUT2D eigenvalue weighted by Crippen LogP contribution is -2.27. The molecule has 0 bridgehead atoms. The van der Waals surface area contributed by atoms with Gasteiger partial charge < -0.3 is 15.4 Å². The van der Waals surface area contributed by atoms with Crippen molar-refractivity contribution in [3.63, 3.8) is 0 Å². The monoisotopic (exact) mass is 289 g/mol. The number of ether oxygens (including phenoxy) is 1. The number of pyridine rings is 1. The van der Waals surface area contributed by atoms with Gasteiger partial charge in [-0.1, -0.05) is 19.3 Å². The summed E-state index contributed by atoms with van der Waals surface area (Å²) in [4.78, 5) is 16.3. The van der Waals surface area contributed by atoms with Crippen LogP contribution in [0.25, 0.3) is 0 Å². The van der Waals surface area contributed by atoms with Gasteiger partial charge in [-0.3, -0.25) is 4.79 Å². The summed E-state index contributed by atoms with van der Waals surface area (Å²) in [5, 5.41) is 6.33. The number of rotatable bonds is 4. The third kappa shape index (κ3) is 3.94. The molecule has 0 radical (unpaired) electrons. The molecule has 0 aromatic carbocycles. The summed E-state index contributed by atoms with van der Waals surface area (Å²) < 4.78 is 5.37. The molecule has 1 aliphatic carbocycles. The Hall–Kier alpha value is -1.62. The van der Waals surface area contributed by atoms with Gasteiger partial charge in [-0.15, -0.1) is 0 Å². The Morgan fingerprint density at radius 1 is 1.14 bits per heavy atom. The van der Waals surface area contributed by atoms with Crippen LogP contribution in [0.3, 0.4) is 0 Å². The van der Waals surface area contributed by atoms with E-state index in [1.807, 2.05) is 12.1 Å². The molecule has 2 heterocycles. The average Bonchev–Trinajstić information content (AvgIpc) is 3.05. The SMILES string of the molecule is O=C(Nc1ccc(NC2CCCCC2)nc1)C1CCCO1. The summed E-state index contributed by atoms with van der Waals surface area (Å²) in [5.41, 5.74) is 0.727. The molecule has 1 saturated carbocycles. The quantitative estimate of drug-likeness (QED) is 0.894. The molecule has 2 N–H and O–H groups in total. The van der Waals surface area contributed by atoms with Crippen LogP contribution in [0.15, 0.2) is 18.3 Å². The number of carbonyl (C=O) groups excluding carboxylic acids is 1. The van der Waals surface area contributed by atoms with E-state index in [0.717, 1.165) is 24.3 Å². The number of anilines is 2. The van der Waals surface area contributed by atoms with E-state index in [4.69, 9.17) is 4.74 Å². The van der Waals surface area contributed by atoms with Crippen molar-refractivity contribution < 1.29 is 9.53 Å². The minimum Gasteiger partial charge on any atom is -0.368 e. The van der Waals surface area contributed by atoms with Crippen LogP contribution < -0.4 is 10.6 Å². The molecule has 2 fully saturated rings. The van der Waals surface area contributed by atoms with Gasteiger partial charge in [-0.05, 0) is 37.8 Å². The summed E-state index contributed by atoms with van der Waals surface area (Å²) in [5.74, 6) is 0.819. The number of nitrogens with zero attached hydrogens (tertiary/aromatic N) is 1. The highest BCUT2D eigenvalue weighted by molar-refractivity contribution is 5.94. The molecule has 2 aliphatic rings. The standard InChI is InChI=1S/C16H23N3O2/c20-16(14-7-4-10-21-14)19-13-8-9-15(17-11-13)18-12-5-2-1-3-6-12/h8-9,11-12,14H,1-7,10H2,(H,17,18)(H,19,20). The maximum Gasteiger partial charge on any atom is 0.253 e. The molecule has 1 saturated heterocycles. The first-order valence-corrected chi connectivity index (χ1v) is 7.96. The number of nitrogens with one attached hydrogen (secondary N) is 2. The van der Waals surface area contributed by atoms with Crippen LogP contribution >= 0.6 is 0 Å². The van der Waals surface area contributed by atoms with Crippen LogP contribution in [-0.2, 0) is 9.53 Å². The van der Waals surface area contributed by atoms with E-state index in [1.54, 1.807) is 6.20 Å². The van der Waals surface area contributed by atoms with E-state index in [9.17, 15) is 4.79 Å². The summed E-state index contributed by atoms with van der Waals surface area (Å²) >= 11 is 0. The van der Waals surface area contributed by atoms with Gasteiger partial charge in [0.1, 0.15) is 11.9 Å². The van der Waals surface area contributed by atoms with E-state index in [0.29, 0.717) is 12.6 Å². The lowest BCUT2D eigenvalue weighted by Gasteiger charge is -2.23. The molecule has 1 amide bonds. The van der Waals surface area contributed by atoms with E-state index in [2.05, 4.69) is 15.6 Å². The molecule has 5 nitrogen and oxygen atoms in total. The van der Waals surface area contributed by atoms with Crippen molar-refractivity contribution in [2.24, 2.45) is 0 Å². The number of hydrogen-bond acceptors (Lipinski definition) is 4. The van der Waals surface area contributed by atoms with Gasteiger partial charge in [-0.25, -0.2) is 4.98 Å². The normalized spacial score (nSPS) is 23.0. The number of carbonyl (C=O) groups is 1. The number of hydrogen-bond donors (Lipinski definition) is 2. The highest BCUT2D eigenvalue weighted by Gasteiger charge is 2.23. The molecule has 1 aromatic heterocycles. The summed E-state index contributed by atoms with van der Waals surface area (Å²) in [6.45, 7) is 0.681. The van der Waals surface area contributed by atoms with E-state index >= 15 is 0 Å². The zero-order chi connectivity index (χ0) is 14.5. The lowest BCUT2D eigenvalue weighted by molar-refractivity contribution is -0.124. The number of aromatic nitrogens is 1. The zero-order valence-electron chi connectivity index (χ0n) is 12.3. The second-order valence-electron chi connectivity index (χ2n) is 5.90. The van der Waals surface area contributed by atoms with Gasteiger partial charge in [-0.2, -0.15) is 0 Å². The highest BCUT2D eigenvalue weighted by Crippen LogP contribution is 2.21. The predicted octanol–water partition coefficient (Wildman–Crippen LogP) is 2.94. The molecule has 3 rings (SSSR count). The molecule has 1 aromatic rings. The molecule has 1 unspecified atom stereocenters. The summed E-state index contributed by atoms with van der Waals surface area (Å²) in [6.07, 6.45) is 9.56. The predicted molar refractivity (Wildman–Crippen MR) is 82.3 cm³/mol. The van der Waals surface area contributed by atoms with Gasteiger partial charge in [0.2, 0.25) is 0 Å². The summed E-state index contributed by atoms with van der Waals surface area (Å²) in [7, 11) is 0. The smallest absolute Gasteiger partial charge is 0.253 e. The van der Waals surface area contributed by atoms with Crippen molar-refractivity contribution in [1.82, 2.24) is 4.98 Å². The van der Waals surface area contributed by atoms with Crippen molar-refractivity contribution in [2.75, 3.05) is 17.2 Å². The molecule has 5 heteroatoms. The van der Waals surface area contributed by atoms with Crippen LogP contribution in [0.1, 0.15) is 44.9 Å². The van der Waals surface area contributed by atoms with Gasteiger partial charge in [0.15, 0.2) is 0 Å². The largest absolute Gasteiger partial charge is 0.368 e. The van der Waals surface area contributed by atoms with E-state index in [-0.39, 0.29) is 12.0 Å². The van der Waals surface area contributed by atoms with Crippen molar-refractivity contribution in [3.8, 4) is 0 Å². The van der Waals surface area contributed by atoms with Crippen molar-refractivity contribution >= 4 is 17.4 Å². The fourth-order valence-electron chi connectivity index (χ4n) is 3.02. The number of amides is 1. The second kappa shape index (κ2) is 6.89. The van der Waals surface area contributed by atoms with Crippen LogP contribution in [0.4, 0.5) is 11.5 Å². The fourth-order valence-corrected chi connectivity index (χ4v) is 3.02. The van der Waals surface area contributed by atoms with Crippen LogP contribution in [0.2, 0.25) is 0 Å². The molecule has 114 valence electrons. The Labute approximate surface area is 125 Å². The van der Waals surface area contributed by atoms with Crippen molar-refractivity contribution in [1.29, 1.82) is 0 Å². The molecule has 0 spiro atoms. The third-order valence-electron chi connectivity index (χ3n) is 4.21. The highest BCUT2D eigenvalue weighted by atomic mass is 16.5. The molecule has 1 atom stereocenters. The fraction of sp³-hybridized carbons (Fsp3) is 0.625. The van der Waals surface area contributed by atoms with Crippen molar-refractivity contribution in [3.05, 3.63) is 18.3 Å². The maximum atomic E-state index is 11.9. The van der Waals surface area contributed by atoms with Gasteiger partial charge in [0, 0.05) is 12.6 Å². The van der Waals surface area contributed by atoms with Crippen molar-refractivity contribution in [2.45, 2.75) is 57.1 Å². The first-order valence-electron chi connectivity index (χ1n) is 7.96. The zero-order valence-corrected chi connectivity index (χ0v) is 12.3. The first kappa shape index (κ1) is 14.3. The Bertz CT molecular complexity index is 463. The molecule has 1 aliphatic heterocycles. The minimum absolute atomic E-state index is 0.0673. The molecular formula is C16H23N3O2. The second-order valence-corrected chi connectivity index (χ2v) is 5.90. The van der Waals surface area contributed by atoms with Gasteiger partial charge in [0.25, 0.3) is 5.91 Å². The Morgan fingerprint density at radius 2 is 2.00 bits per heavy atom. The maximum absolute atomic E-state index is 11.9. The summed E-state index contributed by atoms with van der Waals surface area (Å²) in [6, 6.07) is 4.36. The van der Waals surface area contributed by atoms with Crippen LogP contribution in [-0.4, -0.2) is 29.6 Å². The molecule has 21 heavy (non-hydrogen) atoms. The average molecular weight is 289 g/mol. The van der Waals surface area contributed by atoms with Crippen LogP contribution in [0, 0.1) is 0 Å². The Kier molecular flexibility index (Phi) is 4.70. The van der Waals surface area contributed by atoms with E-state index < -0.39 is 0 Å². The Balaban J connectivity index is 1.52. The van der Waals surface area contributed by atoms with Crippen LogP contribution in [0.5, 0.6) is 0 Å². The first-order chi connectivity index (χ1) is 10.3. The van der Waals surface area contributed by atoms with E-state index in [1.165, 1.54) is 32.1 Å². The topological polar surface area (TPSA) is 63.2 Å². The van der Waals surface area contributed by atoms with Gasteiger partial charge >= 0.3 is 0 Å². The third-order valence-corrected chi connectivity index (χ3v) is 4.21. The van der Waals surface area contributed by atoms with Gasteiger partial charge in [0.05, 0.1) is 11.9 Å². The lowest BCUT2D eigenvalue weighted by atomic mass is 9.95. The minimum atomic E-state index is -0.301. The molecular weight excluding hydrogens is 266 g/mol. The Morgan fingerprint density at radius 3 is 2.67 bits per heavy atom.